The molecule has 1 aromatic heterocycles. The molecule has 0 aliphatic heterocycles. The summed E-state index contributed by atoms with van der Waals surface area (Å²) < 4.78 is 0. The lowest BCUT2D eigenvalue weighted by atomic mass is 9.92. The van der Waals surface area contributed by atoms with Gasteiger partial charge in [0.25, 0.3) is 0 Å². The van der Waals surface area contributed by atoms with Crippen LogP contribution >= 0.6 is 0 Å². The highest BCUT2D eigenvalue weighted by Gasteiger charge is 2.19. The van der Waals surface area contributed by atoms with Gasteiger partial charge in [0.2, 0.25) is 5.82 Å². The molecule has 0 saturated heterocycles. The molecule has 0 aliphatic carbocycles. The molecule has 6 heteroatoms. The van der Waals surface area contributed by atoms with Crippen LogP contribution in [0.5, 0.6) is 0 Å². The van der Waals surface area contributed by atoms with E-state index in [4.69, 9.17) is 0 Å². The molecule has 2 aromatic rings. The fraction of sp³-hybridized carbons (Fsp3) is 0.429. The second-order valence-corrected chi connectivity index (χ2v) is 4.74. The summed E-state index contributed by atoms with van der Waals surface area (Å²) in [5.41, 5.74) is 1.64. The smallest absolute Gasteiger partial charge is 0.310 e. The number of carboxylic acid groups (broad SMARTS) is 1. The summed E-state index contributed by atoms with van der Waals surface area (Å²) in [5, 5.41) is 23.0. The Kier molecular flexibility index (Phi) is 4.81. The van der Waals surface area contributed by atoms with E-state index in [-0.39, 0.29) is 0 Å². The maximum atomic E-state index is 11.4. The van der Waals surface area contributed by atoms with E-state index in [0.717, 1.165) is 30.4 Å². The highest BCUT2D eigenvalue weighted by molar-refractivity contribution is 5.76. The molecule has 0 spiro atoms. The van der Waals surface area contributed by atoms with Crippen molar-refractivity contribution in [2.75, 3.05) is 0 Å². The Morgan fingerprint density at radius 3 is 2.60 bits per heavy atom. The van der Waals surface area contributed by atoms with Gasteiger partial charge >= 0.3 is 5.97 Å². The molecular weight excluding hydrogens is 256 g/mol. The summed E-state index contributed by atoms with van der Waals surface area (Å²) in [6.07, 6.45) is 3.75. The van der Waals surface area contributed by atoms with E-state index in [0.29, 0.717) is 12.2 Å². The monoisotopic (exact) mass is 274 g/mol. The Bertz CT molecular complexity index is 537. The molecule has 0 amide bonds. The van der Waals surface area contributed by atoms with Crippen molar-refractivity contribution < 1.29 is 9.90 Å². The summed E-state index contributed by atoms with van der Waals surface area (Å²) in [7, 11) is 0. The third kappa shape index (κ3) is 3.40. The van der Waals surface area contributed by atoms with E-state index in [2.05, 4.69) is 27.5 Å². The van der Waals surface area contributed by atoms with E-state index >= 15 is 0 Å². The van der Waals surface area contributed by atoms with Crippen LogP contribution in [0.15, 0.2) is 24.3 Å². The van der Waals surface area contributed by atoms with Crippen molar-refractivity contribution in [2.24, 2.45) is 0 Å². The van der Waals surface area contributed by atoms with Crippen LogP contribution in [-0.2, 0) is 4.79 Å². The third-order valence-corrected chi connectivity index (χ3v) is 3.31. The van der Waals surface area contributed by atoms with Crippen LogP contribution < -0.4 is 0 Å². The maximum Gasteiger partial charge on any atom is 0.310 e. The lowest BCUT2D eigenvalue weighted by Crippen LogP contribution is -2.11. The molecule has 0 bridgehead atoms. The summed E-state index contributed by atoms with van der Waals surface area (Å²) in [6.45, 7) is 2.11. The van der Waals surface area contributed by atoms with Crippen LogP contribution in [-0.4, -0.2) is 31.7 Å². The molecule has 1 unspecified atom stereocenters. The molecule has 0 radical (unpaired) electrons. The number of carbonyl (C=O) groups is 1. The molecular formula is C14H18N4O2. The average molecular weight is 274 g/mol. The fourth-order valence-corrected chi connectivity index (χ4v) is 2.18. The molecule has 20 heavy (non-hydrogen) atoms. The average Bonchev–Trinajstić information content (AvgIpc) is 2.98. The minimum atomic E-state index is -0.770. The zero-order valence-electron chi connectivity index (χ0n) is 11.4. The number of aromatic amines is 1. The quantitative estimate of drug-likeness (QED) is 0.757. The number of carboxylic acids is 1. The van der Waals surface area contributed by atoms with Gasteiger partial charge in [0.05, 0.1) is 5.92 Å². The molecule has 1 heterocycles. The first-order valence-electron chi connectivity index (χ1n) is 6.79. The number of nitrogens with one attached hydrogen (secondary N) is 1. The van der Waals surface area contributed by atoms with Gasteiger partial charge in [-0.2, -0.15) is 5.21 Å². The van der Waals surface area contributed by atoms with Crippen LogP contribution in [0.4, 0.5) is 0 Å². The van der Waals surface area contributed by atoms with Gasteiger partial charge in [-0.05, 0) is 17.2 Å². The highest BCUT2D eigenvalue weighted by atomic mass is 16.4. The normalized spacial score (nSPS) is 12.2. The number of nitrogens with zero attached hydrogens (tertiary/aromatic N) is 3. The van der Waals surface area contributed by atoms with E-state index < -0.39 is 11.9 Å². The molecule has 1 aromatic carbocycles. The second-order valence-electron chi connectivity index (χ2n) is 4.74. The van der Waals surface area contributed by atoms with Gasteiger partial charge < -0.3 is 5.11 Å². The standard InChI is InChI=1S/C14H18N4O2/c1-2-3-4-5-12(14(19)20)10-6-8-11(9-7-10)13-15-17-18-16-13/h6-9,12H,2-5H2,1H3,(H,19,20)(H,15,16,17,18). The summed E-state index contributed by atoms with van der Waals surface area (Å²) in [5.74, 6) is -0.705. The summed E-state index contributed by atoms with van der Waals surface area (Å²) >= 11 is 0. The molecule has 106 valence electrons. The van der Waals surface area contributed by atoms with Crippen molar-refractivity contribution in [3.05, 3.63) is 29.8 Å². The second kappa shape index (κ2) is 6.79. The zero-order valence-corrected chi connectivity index (χ0v) is 11.4. The van der Waals surface area contributed by atoms with Crippen LogP contribution in [0.25, 0.3) is 11.4 Å². The summed E-state index contributed by atoms with van der Waals surface area (Å²) in [6, 6.07) is 7.32. The van der Waals surface area contributed by atoms with Crippen LogP contribution in [0, 0.1) is 0 Å². The van der Waals surface area contributed by atoms with Gasteiger partial charge in [0.1, 0.15) is 0 Å². The zero-order chi connectivity index (χ0) is 14.4. The minimum Gasteiger partial charge on any atom is -0.481 e. The number of aromatic nitrogens is 4. The predicted octanol–water partition coefficient (Wildman–Crippen LogP) is 2.62. The minimum absolute atomic E-state index is 0.444. The van der Waals surface area contributed by atoms with E-state index in [1.54, 1.807) is 0 Å². The summed E-state index contributed by atoms with van der Waals surface area (Å²) in [4.78, 5) is 11.4. The number of hydrogen-bond donors (Lipinski definition) is 2. The van der Waals surface area contributed by atoms with Crippen molar-refractivity contribution >= 4 is 5.97 Å². The molecule has 2 N–H and O–H groups in total. The van der Waals surface area contributed by atoms with E-state index in [1.807, 2.05) is 24.3 Å². The fourth-order valence-electron chi connectivity index (χ4n) is 2.18. The van der Waals surface area contributed by atoms with E-state index in [9.17, 15) is 9.90 Å². The molecule has 0 aliphatic rings. The number of benzene rings is 1. The molecule has 6 nitrogen and oxygen atoms in total. The number of aliphatic carboxylic acids is 1. The van der Waals surface area contributed by atoms with Crippen molar-refractivity contribution in [2.45, 2.75) is 38.5 Å². The lowest BCUT2D eigenvalue weighted by Gasteiger charge is -2.12. The first kappa shape index (κ1) is 14.2. The molecule has 2 rings (SSSR count). The van der Waals surface area contributed by atoms with Gasteiger partial charge in [0.15, 0.2) is 0 Å². The SMILES string of the molecule is CCCCCC(C(=O)O)c1ccc(-c2nn[nH]n2)cc1. The van der Waals surface area contributed by atoms with Gasteiger partial charge in [0, 0.05) is 5.56 Å². The Labute approximate surface area is 117 Å². The number of H-pyrrole nitrogens is 1. The van der Waals surface area contributed by atoms with Crippen LogP contribution in [0.3, 0.4) is 0 Å². The van der Waals surface area contributed by atoms with Crippen LogP contribution in [0.2, 0.25) is 0 Å². The lowest BCUT2D eigenvalue weighted by molar-refractivity contribution is -0.139. The van der Waals surface area contributed by atoms with Crippen molar-refractivity contribution in [3.8, 4) is 11.4 Å². The molecule has 0 fully saturated rings. The van der Waals surface area contributed by atoms with E-state index in [1.165, 1.54) is 0 Å². The third-order valence-electron chi connectivity index (χ3n) is 3.31. The number of rotatable bonds is 7. The Balaban J connectivity index is 2.11. The maximum absolute atomic E-state index is 11.4. The number of hydrogen-bond acceptors (Lipinski definition) is 4. The number of tetrazole rings is 1. The Morgan fingerprint density at radius 2 is 2.05 bits per heavy atom. The molecule has 0 saturated carbocycles. The van der Waals surface area contributed by atoms with Crippen LogP contribution in [0.1, 0.15) is 44.1 Å². The number of unbranched alkanes of at least 4 members (excludes halogenated alkanes) is 2. The predicted molar refractivity (Wildman–Crippen MR) is 74.1 cm³/mol. The van der Waals surface area contributed by atoms with Gasteiger partial charge in [-0.1, -0.05) is 50.5 Å². The first-order valence-corrected chi connectivity index (χ1v) is 6.79. The van der Waals surface area contributed by atoms with Gasteiger partial charge in [-0.25, -0.2) is 0 Å². The largest absolute Gasteiger partial charge is 0.481 e. The first-order chi connectivity index (χ1) is 9.72. The van der Waals surface area contributed by atoms with Crippen molar-refractivity contribution in [1.82, 2.24) is 20.6 Å². The molecule has 1 atom stereocenters. The highest BCUT2D eigenvalue weighted by Crippen LogP contribution is 2.25. The Morgan fingerprint density at radius 1 is 1.30 bits per heavy atom. The van der Waals surface area contributed by atoms with Gasteiger partial charge in [-0.3, -0.25) is 4.79 Å². The van der Waals surface area contributed by atoms with Crippen molar-refractivity contribution in [3.63, 3.8) is 0 Å². The van der Waals surface area contributed by atoms with Gasteiger partial charge in [-0.15, -0.1) is 10.2 Å². The topological polar surface area (TPSA) is 91.8 Å². The Hall–Kier alpha value is -2.24. The van der Waals surface area contributed by atoms with Crippen molar-refractivity contribution in [1.29, 1.82) is 0 Å².